The predicted molar refractivity (Wildman–Crippen MR) is 237 cm³/mol. The van der Waals surface area contributed by atoms with Crippen LogP contribution in [0.5, 0.6) is 5.75 Å². The SMILES string of the molecule is CNC(=O)CN(C)c1cc(C(=O)NC(Cc2ccccc2)CN(C)C)cc(-c2cccc(CNC(C(=O)N[C@H]3C[C@H]4C[C@@H](C3C)C4(C)C)[C@H]([C@H](C)O)[C@@H]([OH2+])CO)c2OC)c1. The third kappa shape index (κ3) is 10.9. The van der Waals surface area contributed by atoms with Crippen LogP contribution < -0.4 is 30.9 Å². The molecule has 3 fully saturated rings. The molecule has 0 saturated heterocycles. The Morgan fingerprint density at radius 1 is 1.02 bits per heavy atom. The Morgan fingerprint density at radius 2 is 1.73 bits per heavy atom. The van der Waals surface area contributed by atoms with Gasteiger partial charge in [0, 0.05) is 61.6 Å². The number of aliphatic hydroxyl groups excluding tert-OH is 2. The summed E-state index contributed by atoms with van der Waals surface area (Å²) in [6.07, 6.45) is 0.518. The molecular weight excluding hydrogens is 761 g/mol. The summed E-state index contributed by atoms with van der Waals surface area (Å²) in [5, 5.41) is 42.3. The standard InChI is InChI=1S/C47H68N6O7/c1-28-38-22-34(47(38,3)4)23-39(28)51-46(59)43(42(29(2)55)40(56)27-54)49-24-31-16-13-17-37(44(31)60-9)32-19-33(21-36(20-32)53(8)26-41(57)48-5)45(58)50-35(25-52(6)7)18-30-14-11-10-12-15-30/h10-17,19-21,28-29,34-35,38-40,42-43,49,54-56H,18,22-27H2,1-9H3,(H,48,57)(H,50,58)(H,51,59)/p+1/t28?,29-,34+,35?,38-,39-,40-,42+,43?/m0/s1. The van der Waals surface area contributed by atoms with Crippen molar-refractivity contribution >= 4 is 23.4 Å². The van der Waals surface area contributed by atoms with Crippen molar-refractivity contribution in [3.63, 3.8) is 0 Å². The summed E-state index contributed by atoms with van der Waals surface area (Å²) in [6.45, 7) is 8.70. The highest BCUT2D eigenvalue weighted by molar-refractivity contribution is 5.97. The predicted octanol–water partition coefficient (Wildman–Crippen LogP) is 3.17. The van der Waals surface area contributed by atoms with Crippen molar-refractivity contribution in [2.24, 2.45) is 29.1 Å². The normalized spacial score (nSPS) is 21.8. The van der Waals surface area contributed by atoms with E-state index in [1.165, 1.54) is 6.42 Å². The number of amides is 3. The Balaban J connectivity index is 1.47. The third-order valence-corrected chi connectivity index (χ3v) is 13.2. The third-order valence-electron chi connectivity index (χ3n) is 13.2. The molecule has 13 nitrogen and oxygen atoms in total. The number of carbonyl (C=O) groups excluding carboxylic acids is 3. The molecule has 13 heteroatoms. The second kappa shape index (κ2) is 20.4. The quantitative estimate of drug-likeness (QED) is 0.0935. The lowest BCUT2D eigenvalue weighted by Gasteiger charge is -2.62. The van der Waals surface area contributed by atoms with Gasteiger partial charge in [-0.15, -0.1) is 0 Å². The van der Waals surface area contributed by atoms with Crippen LogP contribution in [0.15, 0.2) is 66.7 Å². The van der Waals surface area contributed by atoms with E-state index < -0.39 is 30.8 Å². The molecule has 3 aromatic rings. The maximum Gasteiger partial charge on any atom is 0.251 e. The van der Waals surface area contributed by atoms with Crippen molar-refractivity contribution in [2.75, 3.05) is 59.9 Å². The molecule has 9 atom stereocenters. The molecule has 3 amide bonds. The Morgan fingerprint density at radius 3 is 2.33 bits per heavy atom. The first kappa shape index (κ1) is 46.5. The fourth-order valence-electron chi connectivity index (χ4n) is 9.67. The number of benzene rings is 3. The zero-order chi connectivity index (χ0) is 43.9. The number of hydrogen-bond donors (Lipinski definition) is 6. The van der Waals surface area contributed by atoms with Crippen LogP contribution in [0.2, 0.25) is 0 Å². The summed E-state index contributed by atoms with van der Waals surface area (Å²) in [5.41, 5.74) is 4.50. The van der Waals surface area contributed by atoms with Crippen molar-refractivity contribution in [3.05, 3.63) is 83.4 Å². The zero-order valence-electron chi connectivity index (χ0n) is 36.9. The van der Waals surface area contributed by atoms with E-state index >= 15 is 0 Å². The van der Waals surface area contributed by atoms with Gasteiger partial charge in [0.15, 0.2) is 6.10 Å². The molecule has 3 unspecified atom stereocenters. The molecule has 0 spiro atoms. The summed E-state index contributed by atoms with van der Waals surface area (Å²) >= 11 is 0. The minimum absolute atomic E-state index is 0.0268. The highest BCUT2D eigenvalue weighted by Gasteiger charge is 2.56. The number of carbonyl (C=O) groups is 3. The van der Waals surface area contributed by atoms with E-state index in [2.05, 4.69) is 42.0 Å². The van der Waals surface area contributed by atoms with Crippen LogP contribution in [0.3, 0.4) is 0 Å². The fraction of sp³-hybridized carbons (Fsp3) is 0.553. The molecule has 8 N–H and O–H groups in total. The number of nitrogens with zero attached hydrogens (tertiary/aromatic N) is 2. The highest BCUT2D eigenvalue weighted by atomic mass is 16.5. The van der Waals surface area contributed by atoms with Gasteiger partial charge in [0.05, 0.1) is 25.7 Å². The first-order valence-electron chi connectivity index (χ1n) is 21.2. The van der Waals surface area contributed by atoms with Crippen LogP contribution in [-0.4, -0.2) is 123 Å². The Hall–Kier alpha value is -4.53. The molecule has 3 saturated carbocycles. The summed E-state index contributed by atoms with van der Waals surface area (Å²) in [6, 6.07) is 20.0. The van der Waals surface area contributed by atoms with Gasteiger partial charge in [-0.2, -0.15) is 0 Å². The maximum absolute atomic E-state index is 14.3. The molecule has 6 rings (SSSR count). The summed E-state index contributed by atoms with van der Waals surface area (Å²) < 4.78 is 6.08. The average Bonchev–Trinajstić information content (AvgIpc) is 3.21. The van der Waals surface area contributed by atoms with Crippen molar-refractivity contribution in [1.29, 1.82) is 0 Å². The first-order valence-corrected chi connectivity index (χ1v) is 21.2. The van der Waals surface area contributed by atoms with E-state index in [0.29, 0.717) is 58.5 Å². The molecule has 328 valence electrons. The second-order valence-electron chi connectivity index (χ2n) is 18.0. The minimum atomic E-state index is -1.11. The fourth-order valence-corrected chi connectivity index (χ4v) is 9.67. The molecule has 0 aromatic heterocycles. The molecular formula is C47H69N6O7+. The molecule has 2 bridgehead atoms. The number of ether oxygens (including phenoxy) is 1. The van der Waals surface area contributed by atoms with E-state index in [4.69, 9.17) is 9.84 Å². The molecule has 3 aliphatic rings. The Kier molecular flexibility index (Phi) is 15.8. The van der Waals surface area contributed by atoms with E-state index in [1.807, 2.05) is 79.7 Å². The van der Waals surface area contributed by atoms with Crippen molar-refractivity contribution in [2.45, 2.75) is 83.8 Å². The van der Waals surface area contributed by atoms with Crippen LogP contribution in [0.25, 0.3) is 11.1 Å². The minimum Gasteiger partial charge on any atom is -0.496 e. The molecule has 3 aliphatic carbocycles. The van der Waals surface area contributed by atoms with Crippen molar-refractivity contribution < 1.29 is 34.4 Å². The number of para-hydroxylation sites is 1. The maximum atomic E-state index is 14.3. The summed E-state index contributed by atoms with van der Waals surface area (Å²) in [4.78, 5) is 44.8. The summed E-state index contributed by atoms with van der Waals surface area (Å²) in [7, 11) is 8.89. The van der Waals surface area contributed by atoms with E-state index in [9.17, 15) is 24.6 Å². The largest absolute Gasteiger partial charge is 0.496 e. The lowest BCUT2D eigenvalue weighted by molar-refractivity contribution is -0.139. The number of rotatable bonds is 20. The monoisotopic (exact) mass is 830 g/mol. The van der Waals surface area contributed by atoms with Crippen LogP contribution in [0, 0.1) is 29.1 Å². The summed E-state index contributed by atoms with van der Waals surface area (Å²) in [5.74, 6) is 0.179. The molecule has 0 radical (unpaired) electrons. The smallest absolute Gasteiger partial charge is 0.251 e. The van der Waals surface area contributed by atoms with Gasteiger partial charge in [0.1, 0.15) is 18.4 Å². The van der Waals surface area contributed by atoms with Crippen LogP contribution in [0.4, 0.5) is 5.69 Å². The van der Waals surface area contributed by atoms with Gasteiger partial charge in [0.25, 0.3) is 5.91 Å². The van der Waals surface area contributed by atoms with Gasteiger partial charge < -0.3 is 51.1 Å². The van der Waals surface area contributed by atoms with E-state index in [0.717, 1.165) is 12.0 Å². The molecule has 0 aliphatic heterocycles. The second-order valence-corrected chi connectivity index (χ2v) is 18.0. The van der Waals surface area contributed by atoms with Gasteiger partial charge in [-0.3, -0.25) is 14.4 Å². The first-order chi connectivity index (χ1) is 28.5. The lowest BCUT2D eigenvalue weighted by Crippen LogP contribution is -2.63. The number of methoxy groups -OCH3 is 1. The van der Waals surface area contributed by atoms with Crippen LogP contribution >= 0.6 is 0 Å². The number of likely N-dealkylation sites (N-methyl/N-ethyl adjacent to an activating group) is 3. The van der Waals surface area contributed by atoms with Crippen molar-refractivity contribution in [1.82, 2.24) is 26.2 Å². The molecule has 0 heterocycles. The molecule has 60 heavy (non-hydrogen) atoms. The topological polar surface area (TPSA) is 178 Å². The molecule has 3 aromatic carbocycles. The van der Waals surface area contributed by atoms with Gasteiger partial charge in [-0.1, -0.05) is 69.3 Å². The highest BCUT2D eigenvalue weighted by Crippen LogP contribution is 2.61. The average molecular weight is 830 g/mol. The number of aliphatic hydroxyl groups is 2. The van der Waals surface area contributed by atoms with Gasteiger partial charge in [0.2, 0.25) is 11.8 Å². The zero-order valence-corrected chi connectivity index (χ0v) is 36.9. The number of anilines is 1. The number of hydrogen-bond acceptors (Lipinski definition) is 9. The van der Waals surface area contributed by atoms with Crippen molar-refractivity contribution in [3.8, 4) is 16.9 Å². The number of fused-ring (bicyclic) bond motifs is 2. The van der Waals surface area contributed by atoms with E-state index in [1.54, 1.807) is 39.1 Å². The lowest BCUT2D eigenvalue weighted by atomic mass is 9.45. The van der Waals surface area contributed by atoms with Gasteiger partial charge in [-0.05, 0) is 92.8 Å². The Bertz CT molecular complexity index is 1920. The Labute approximate surface area is 356 Å². The van der Waals surface area contributed by atoms with Gasteiger partial charge >= 0.3 is 0 Å². The van der Waals surface area contributed by atoms with E-state index in [-0.39, 0.29) is 54.2 Å². The number of nitrogens with one attached hydrogen (secondary N) is 4. The van der Waals surface area contributed by atoms with Crippen LogP contribution in [0.1, 0.15) is 62.0 Å². The van der Waals surface area contributed by atoms with Gasteiger partial charge in [-0.25, -0.2) is 0 Å². The van der Waals surface area contributed by atoms with Crippen LogP contribution in [-0.2, 0) is 22.6 Å².